The Kier molecular flexibility index (Phi) is 1.33. The standard InChI is InChI=1S/C6H9N2/c1-3-6-4-5-7-8(6)2/h4H,3H2,1-2H3. The Hall–Kier alpha value is -0.790. The van der Waals surface area contributed by atoms with E-state index in [0.29, 0.717) is 0 Å². The molecule has 0 spiro atoms. The normalized spacial score (nSPS) is 9.75. The molecule has 0 unspecified atom stereocenters. The van der Waals surface area contributed by atoms with Crippen LogP contribution >= 0.6 is 0 Å². The van der Waals surface area contributed by atoms with Crippen LogP contribution in [0, 0.1) is 6.20 Å². The van der Waals surface area contributed by atoms with E-state index in [2.05, 4.69) is 18.2 Å². The van der Waals surface area contributed by atoms with Gasteiger partial charge in [0.2, 0.25) is 0 Å². The second-order valence-corrected chi connectivity index (χ2v) is 1.74. The third-order valence-electron chi connectivity index (χ3n) is 1.22. The van der Waals surface area contributed by atoms with Gasteiger partial charge in [0.05, 0.1) is 0 Å². The summed E-state index contributed by atoms with van der Waals surface area (Å²) >= 11 is 0. The van der Waals surface area contributed by atoms with Crippen molar-refractivity contribution < 1.29 is 0 Å². The van der Waals surface area contributed by atoms with Crippen LogP contribution in [0.4, 0.5) is 0 Å². The summed E-state index contributed by atoms with van der Waals surface area (Å²) in [4.78, 5) is 0. The molecule has 0 N–H and O–H groups in total. The fraction of sp³-hybridized carbons (Fsp3) is 0.500. The molecule has 1 radical (unpaired) electrons. The Morgan fingerprint density at radius 1 is 1.88 bits per heavy atom. The molecule has 2 nitrogen and oxygen atoms in total. The van der Waals surface area contributed by atoms with Crippen molar-refractivity contribution in [1.29, 1.82) is 0 Å². The van der Waals surface area contributed by atoms with Crippen molar-refractivity contribution in [1.82, 2.24) is 9.78 Å². The first-order chi connectivity index (χ1) is 3.84. The van der Waals surface area contributed by atoms with Crippen molar-refractivity contribution in [2.45, 2.75) is 13.3 Å². The van der Waals surface area contributed by atoms with Crippen LogP contribution in [0.1, 0.15) is 12.6 Å². The molecular weight excluding hydrogens is 100 g/mol. The molecule has 0 aliphatic rings. The van der Waals surface area contributed by atoms with Crippen LogP contribution in [0.25, 0.3) is 0 Å². The summed E-state index contributed by atoms with van der Waals surface area (Å²) in [7, 11) is 1.93. The number of aryl methyl sites for hydroxylation is 2. The van der Waals surface area contributed by atoms with Crippen molar-refractivity contribution in [2.24, 2.45) is 7.05 Å². The maximum Gasteiger partial charge on any atom is 0.113 e. The highest BCUT2D eigenvalue weighted by atomic mass is 15.2. The summed E-state index contributed by atoms with van der Waals surface area (Å²) in [5.41, 5.74) is 1.23. The van der Waals surface area contributed by atoms with Gasteiger partial charge in [-0.3, -0.25) is 4.68 Å². The lowest BCUT2D eigenvalue weighted by molar-refractivity contribution is 0.716. The molecular formula is C6H9N2. The summed E-state index contributed by atoms with van der Waals surface area (Å²) in [6.45, 7) is 2.10. The average Bonchev–Trinajstić information content (AvgIpc) is 2.14. The van der Waals surface area contributed by atoms with Gasteiger partial charge in [0.25, 0.3) is 0 Å². The van der Waals surface area contributed by atoms with Gasteiger partial charge in [0.15, 0.2) is 0 Å². The first-order valence-electron chi connectivity index (χ1n) is 2.73. The molecule has 0 fully saturated rings. The molecule has 0 atom stereocenters. The average molecular weight is 109 g/mol. The van der Waals surface area contributed by atoms with Crippen LogP contribution in [0.15, 0.2) is 6.07 Å². The Morgan fingerprint density at radius 3 is 2.88 bits per heavy atom. The second-order valence-electron chi connectivity index (χ2n) is 1.74. The minimum absolute atomic E-state index is 1.03. The number of nitrogens with zero attached hydrogens (tertiary/aromatic N) is 2. The van der Waals surface area contributed by atoms with E-state index in [4.69, 9.17) is 0 Å². The number of hydrogen-bond acceptors (Lipinski definition) is 1. The lowest BCUT2D eigenvalue weighted by atomic mass is 10.3. The van der Waals surface area contributed by atoms with Crippen LogP contribution in [-0.4, -0.2) is 9.78 Å². The predicted molar refractivity (Wildman–Crippen MR) is 31.4 cm³/mol. The van der Waals surface area contributed by atoms with Crippen molar-refractivity contribution in [3.63, 3.8) is 0 Å². The Morgan fingerprint density at radius 2 is 2.62 bits per heavy atom. The Bertz CT molecular complexity index is 167. The summed E-state index contributed by atoms with van der Waals surface area (Å²) in [5.74, 6) is 0. The predicted octanol–water partition coefficient (Wildman–Crippen LogP) is 0.783. The smallest absolute Gasteiger partial charge is 0.113 e. The zero-order valence-corrected chi connectivity index (χ0v) is 5.18. The third kappa shape index (κ3) is 0.735. The summed E-state index contributed by atoms with van der Waals surface area (Å²) in [6, 6.07) is 1.90. The van der Waals surface area contributed by atoms with E-state index in [1.54, 1.807) is 0 Å². The van der Waals surface area contributed by atoms with Crippen molar-refractivity contribution in [2.75, 3.05) is 0 Å². The van der Waals surface area contributed by atoms with Gasteiger partial charge in [-0.15, -0.1) is 0 Å². The van der Waals surface area contributed by atoms with Gasteiger partial charge in [0, 0.05) is 12.7 Å². The Labute approximate surface area is 49.1 Å². The first kappa shape index (κ1) is 5.35. The first-order valence-corrected chi connectivity index (χ1v) is 2.73. The zero-order valence-electron chi connectivity index (χ0n) is 5.18. The maximum absolute atomic E-state index is 3.88. The minimum atomic E-state index is 1.03. The number of rotatable bonds is 1. The van der Waals surface area contributed by atoms with E-state index in [1.165, 1.54) is 5.69 Å². The molecule has 2 heteroatoms. The molecule has 1 aromatic rings. The highest BCUT2D eigenvalue weighted by Crippen LogP contribution is 1.93. The van der Waals surface area contributed by atoms with Gasteiger partial charge in [-0.1, -0.05) is 6.92 Å². The van der Waals surface area contributed by atoms with E-state index >= 15 is 0 Å². The van der Waals surface area contributed by atoms with Gasteiger partial charge in [0.1, 0.15) is 6.20 Å². The largest absolute Gasteiger partial charge is 0.272 e. The molecule has 0 saturated carbocycles. The van der Waals surface area contributed by atoms with Crippen molar-refractivity contribution in [3.05, 3.63) is 18.0 Å². The van der Waals surface area contributed by atoms with E-state index in [9.17, 15) is 0 Å². The van der Waals surface area contributed by atoms with Gasteiger partial charge < -0.3 is 0 Å². The van der Waals surface area contributed by atoms with Gasteiger partial charge in [-0.2, -0.15) is 5.10 Å². The van der Waals surface area contributed by atoms with Gasteiger partial charge >= 0.3 is 0 Å². The quantitative estimate of drug-likeness (QED) is 0.521. The van der Waals surface area contributed by atoms with Crippen molar-refractivity contribution >= 4 is 0 Å². The van der Waals surface area contributed by atoms with E-state index in [0.717, 1.165) is 6.42 Å². The SMILES string of the molecule is CCc1c[c]nn1C. The Balaban J connectivity index is 2.92. The molecule has 1 rings (SSSR count). The molecule has 0 amide bonds. The van der Waals surface area contributed by atoms with E-state index in [1.807, 2.05) is 17.8 Å². The molecule has 0 aliphatic heterocycles. The molecule has 0 saturated heterocycles. The number of hydrogen-bond donors (Lipinski definition) is 0. The zero-order chi connectivity index (χ0) is 5.98. The molecule has 8 heavy (non-hydrogen) atoms. The summed E-state index contributed by atoms with van der Waals surface area (Å²) in [5, 5.41) is 3.88. The van der Waals surface area contributed by atoms with Crippen molar-refractivity contribution in [3.8, 4) is 0 Å². The second kappa shape index (κ2) is 1.99. The fourth-order valence-corrected chi connectivity index (χ4v) is 0.679. The highest BCUT2D eigenvalue weighted by Gasteiger charge is 1.90. The van der Waals surface area contributed by atoms with Crippen LogP contribution in [-0.2, 0) is 13.5 Å². The van der Waals surface area contributed by atoms with E-state index < -0.39 is 0 Å². The van der Waals surface area contributed by atoms with Crippen LogP contribution in [0.2, 0.25) is 0 Å². The van der Waals surface area contributed by atoms with Gasteiger partial charge in [-0.05, 0) is 12.5 Å². The van der Waals surface area contributed by atoms with Gasteiger partial charge in [-0.25, -0.2) is 0 Å². The maximum atomic E-state index is 3.88. The molecule has 1 aromatic heterocycles. The third-order valence-corrected chi connectivity index (χ3v) is 1.22. The molecule has 0 bridgehead atoms. The highest BCUT2D eigenvalue weighted by molar-refractivity contribution is 4.97. The lowest BCUT2D eigenvalue weighted by Gasteiger charge is -1.92. The lowest BCUT2D eigenvalue weighted by Crippen LogP contribution is -1.94. The molecule has 43 valence electrons. The van der Waals surface area contributed by atoms with E-state index in [-0.39, 0.29) is 0 Å². The number of aromatic nitrogens is 2. The molecule has 0 aromatic carbocycles. The fourth-order valence-electron chi connectivity index (χ4n) is 0.679. The van der Waals surface area contributed by atoms with Crippen LogP contribution < -0.4 is 0 Å². The summed E-state index contributed by atoms with van der Waals surface area (Å²) in [6.07, 6.45) is 3.80. The summed E-state index contributed by atoms with van der Waals surface area (Å²) < 4.78 is 1.83. The minimum Gasteiger partial charge on any atom is -0.272 e. The molecule has 0 aliphatic carbocycles. The molecule has 1 heterocycles. The van der Waals surface area contributed by atoms with Crippen LogP contribution in [0.3, 0.4) is 0 Å². The van der Waals surface area contributed by atoms with Crippen LogP contribution in [0.5, 0.6) is 0 Å². The monoisotopic (exact) mass is 109 g/mol. The topological polar surface area (TPSA) is 17.8 Å².